The summed E-state index contributed by atoms with van der Waals surface area (Å²) in [5.41, 5.74) is -0.337. The van der Waals surface area contributed by atoms with E-state index in [1.807, 2.05) is 27.7 Å². The molecule has 0 heterocycles. The van der Waals surface area contributed by atoms with Crippen molar-refractivity contribution < 1.29 is 8.42 Å². The fourth-order valence-corrected chi connectivity index (χ4v) is 2.47. The van der Waals surface area contributed by atoms with E-state index in [2.05, 4.69) is 10.6 Å². The van der Waals surface area contributed by atoms with Crippen molar-refractivity contribution in [2.75, 3.05) is 10.6 Å². The van der Waals surface area contributed by atoms with Crippen LogP contribution in [0.15, 0.2) is 38.8 Å². The predicted octanol–water partition coefficient (Wildman–Crippen LogP) is 1.52. The van der Waals surface area contributed by atoms with Gasteiger partial charge in [0, 0.05) is 11.7 Å². The zero-order chi connectivity index (χ0) is 18.3. The van der Waals surface area contributed by atoms with Gasteiger partial charge in [0.05, 0.1) is 4.90 Å². The van der Waals surface area contributed by atoms with Crippen LogP contribution in [0.1, 0.15) is 27.7 Å². The molecule has 0 spiro atoms. The fourth-order valence-electron chi connectivity index (χ4n) is 1.95. The van der Waals surface area contributed by atoms with E-state index >= 15 is 0 Å². The highest BCUT2D eigenvalue weighted by molar-refractivity contribution is 7.89. The average Bonchev–Trinajstić information content (AvgIpc) is 2.48. The third-order valence-corrected chi connectivity index (χ3v) is 4.95. The minimum absolute atomic E-state index is 0.0221. The minimum atomic E-state index is -3.78. The Kier molecular flexibility index (Phi) is 4.56. The Labute approximate surface area is 140 Å². The molecule has 1 unspecified atom stereocenters. The molecule has 8 heteroatoms. The lowest BCUT2D eigenvalue weighted by atomic mass is 9.87. The third kappa shape index (κ3) is 3.65. The number of hydrogen-bond acceptors (Lipinski definition) is 6. The maximum absolute atomic E-state index is 11.8. The summed E-state index contributed by atoms with van der Waals surface area (Å²) < 4.78 is 22.5. The number of benzene rings is 1. The second-order valence-corrected chi connectivity index (χ2v) is 8.40. The third-order valence-electron chi connectivity index (χ3n) is 4.02. The van der Waals surface area contributed by atoms with E-state index in [-0.39, 0.29) is 27.7 Å². The van der Waals surface area contributed by atoms with Crippen LogP contribution in [0.25, 0.3) is 0 Å². The Morgan fingerprint density at radius 3 is 1.96 bits per heavy atom. The molecule has 0 aromatic heterocycles. The second kappa shape index (κ2) is 6.03. The highest BCUT2D eigenvalue weighted by Crippen LogP contribution is 2.26. The molecule has 0 aliphatic rings. The van der Waals surface area contributed by atoms with Crippen molar-refractivity contribution in [2.24, 2.45) is 10.6 Å². The molecule has 2 aromatic carbocycles. The van der Waals surface area contributed by atoms with E-state index in [1.54, 1.807) is 0 Å². The van der Waals surface area contributed by atoms with Gasteiger partial charge in [0.2, 0.25) is 10.0 Å². The largest absolute Gasteiger partial charge is 0.377 e. The Hall–Kier alpha value is -2.19. The van der Waals surface area contributed by atoms with Crippen LogP contribution in [-0.4, -0.2) is 14.5 Å². The topological polar surface area (TPSA) is 118 Å². The van der Waals surface area contributed by atoms with Crippen LogP contribution in [0.3, 0.4) is 0 Å². The summed E-state index contributed by atoms with van der Waals surface area (Å²) >= 11 is 0. The first kappa shape index (κ1) is 18.2. The summed E-state index contributed by atoms with van der Waals surface area (Å²) in [6, 6.07) is 5.59. The predicted molar refractivity (Wildman–Crippen MR) is 95.0 cm³/mol. The van der Waals surface area contributed by atoms with Gasteiger partial charge in [0.15, 0.2) is 0 Å². The Balaban J connectivity index is 2.24. The van der Waals surface area contributed by atoms with Crippen LogP contribution in [-0.2, 0) is 10.0 Å². The van der Waals surface area contributed by atoms with Crippen LogP contribution in [0.2, 0.25) is 0 Å². The molecule has 1 atom stereocenters. The SMILES string of the molecule is CC(Nc1c(Nc2ccc(S(N)(=O)=O)cc2)c(=O)c1=O)C(C)(C)C. The number of primary sulfonamides is 1. The van der Waals surface area contributed by atoms with Crippen LogP contribution < -0.4 is 26.6 Å². The lowest BCUT2D eigenvalue weighted by molar-refractivity contribution is 0.359. The first-order valence-electron chi connectivity index (χ1n) is 7.41. The zero-order valence-corrected chi connectivity index (χ0v) is 14.8. The molecule has 0 bridgehead atoms. The van der Waals surface area contributed by atoms with Crippen molar-refractivity contribution in [3.8, 4) is 0 Å². The first-order chi connectivity index (χ1) is 10.9. The van der Waals surface area contributed by atoms with Gasteiger partial charge >= 0.3 is 0 Å². The monoisotopic (exact) mass is 351 g/mol. The van der Waals surface area contributed by atoms with Gasteiger partial charge in [0.25, 0.3) is 10.9 Å². The summed E-state index contributed by atoms with van der Waals surface area (Å²) in [6.45, 7) is 8.00. The van der Waals surface area contributed by atoms with Crippen LogP contribution in [0.5, 0.6) is 0 Å². The molecule has 0 radical (unpaired) electrons. The molecule has 130 valence electrons. The molecular weight excluding hydrogens is 330 g/mol. The highest BCUT2D eigenvalue weighted by atomic mass is 32.2. The molecule has 7 nitrogen and oxygen atoms in total. The molecule has 2 rings (SSSR count). The van der Waals surface area contributed by atoms with Crippen LogP contribution >= 0.6 is 0 Å². The molecule has 0 aliphatic carbocycles. The number of sulfonamides is 1. The number of anilines is 3. The van der Waals surface area contributed by atoms with Gasteiger partial charge in [-0.05, 0) is 36.6 Å². The molecule has 0 saturated carbocycles. The van der Waals surface area contributed by atoms with Gasteiger partial charge in [-0.1, -0.05) is 20.8 Å². The summed E-state index contributed by atoms with van der Waals surface area (Å²) in [7, 11) is -3.78. The summed E-state index contributed by atoms with van der Waals surface area (Å²) in [4.78, 5) is 23.6. The van der Waals surface area contributed by atoms with Crippen molar-refractivity contribution in [3.05, 3.63) is 44.7 Å². The number of nitrogens with one attached hydrogen (secondary N) is 2. The molecule has 4 N–H and O–H groups in total. The Morgan fingerprint density at radius 2 is 1.50 bits per heavy atom. The van der Waals surface area contributed by atoms with E-state index in [9.17, 15) is 18.0 Å². The summed E-state index contributed by atoms with van der Waals surface area (Å²) in [5.74, 6) is 0. The number of nitrogens with two attached hydrogens (primary N) is 1. The van der Waals surface area contributed by atoms with E-state index in [0.29, 0.717) is 5.69 Å². The lowest BCUT2D eigenvalue weighted by Gasteiger charge is -2.30. The van der Waals surface area contributed by atoms with Gasteiger partial charge in [-0.25, -0.2) is 13.6 Å². The molecule has 0 fully saturated rings. The summed E-state index contributed by atoms with van der Waals surface area (Å²) in [6.07, 6.45) is 0. The molecule has 2 aromatic rings. The molecule has 0 saturated heterocycles. The van der Waals surface area contributed by atoms with E-state index in [1.165, 1.54) is 24.3 Å². The van der Waals surface area contributed by atoms with Crippen LogP contribution in [0.4, 0.5) is 17.1 Å². The second-order valence-electron chi connectivity index (χ2n) is 6.83. The van der Waals surface area contributed by atoms with E-state index in [0.717, 1.165) is 0 Å². The number of hydrogen-bond donors (Lipinski definition) is 3. The number of rotatable bonds is 5. The lowest BCUT2D eigenvalue weighted by Crippen LogP contribution is -2.41. The van der Waals surface area contributed by atoms with E-state index in [4.69, 9.17) is 5.14 Å². The maximum Gasteiger partial charge on any atom is 0.253 e. The summed E-state index contributed by atoms with van der Waals surface area (Å²) in [5, 5.41) is 11.0. The average molecular weight is 351 g/mol. The Bertz CT molecular complexity index is 918. The fraction of sp³-hybridized carbons (Fsp3) is 0.375. The molecule has 0 amide bonds. The maximum atomic E-state index is 11.8. The Morgan fingerprint density at radius 1 is 1.00 bits per heavy atom. The van der Waals surface area contributed by atoms with Gasteiger partial charge in [-0.3, -0.25) is 9.59 Å². The molecular formula is C16H21N3O4S. The van der Waals surface area contributed by atoms with Gasteiger partial charge in [-0.2, -0.15) is 0 Å². The zero-order valence-electron chi connectivity index (χ0n) is 14.0. The van der Waals surface area contributed by atoms with Gasteiger partial charge < -0.3 is 10.6 Å². The van der Waals surface area contributed by atoms with Crippen molar-refractivity contribution in [2.45, 2.75) is 38.6 Å². The highest BCUT2D eigenvalue weighted by Gasteiger charge is 2.27. The van der Waals surface area contributed by atoms with Crippen molar-refractivity contribution in [1.29, 1.82) is 0 Å². The molecule has 24 heavy (non-hydrogen) atoms. The van der Waals surface area contributed by atoms with Crippen LogP contribution in [0, 0.1) is 5.41 Å². The van der Waals surface area contributed by atoms with Gasteiger partial charge in [0.1, 0.15) is 11.4 Å². The molecule has 0 aliphatic heterocycles. The van der Waals surface area contributed by atoms with Gasteiger partial charge in [-0.15, -0.1) is 0 Å². The normalized spacial score (nSPS) is 13.7. The first-order valence-corrected chi connectivity index (χ1v) is 8.95. The standard InChI is InChI=1S/C16H21N3O4S/c1-9(16(2,3)4)18-12-13(15(21)14(12)20)19-10-5-7-11(8-6-10)24(17,22)23/h5-9,18-19H,1-4H3,(H2,17,22,23). The van der Waals surface area contributed by atoms with E-state index < -0.39 is 20.9 Å². The quantitative estimate of drug-likeness (QED) is 0.703. The van der Waals surface area contributed by atoms with Crippen molar-refractivity contribution in [1.82, 2.24) is 0 Å². The van der Waals surface area contributed by atoms with Crippen molar-refractivity contribution >= 4 is 27.1 Å². The van der Waals surface area contributed by atoms with Crippen molar-refractivity contribution in [3.63, 3.8) is 0 Å². The smallest absolute Gasteiger partial charge is 0.253 e. The minimum Gasteiger partial charge on any atom is -0.377 e.